The maximum atomic E-state index is 10.8. The Morgan fingerprint density at radius 1 is 1.42 bits per heavy atom. The summed E-state index contributed by atoms with van der Waals surface area (Å²) in [6.07, 6.45) is 0. The van der Waals surface area contributed by atoms with Gasteiger partial charge < -0.3 is 4.74 Å². The molecule has 0 atom stereocenters. The first-order valence-electron chi connectivity index (χ1n) is 3.90. The Morgan fingerprint density at radius 3 is 2.42 bits per heavy atom. The Morgan fingerprint density at radius 2 is 2.00 bits per heavy atom. The van der Waals surface area contributed by atoms with Gasteiger partial charge in [0.2, 0.25) is 0 Å². The van der Waals surface area contributed by atoms with Crippen molar-refractivity contribution < 1.29 is 14.5 Å². The van der Waals surface area contributed by atoms with Gasteiger partial charge >= 0.3 is 5.97 Å². The van der Waals surface area contributed by atoms with E-state index in [1.54, 1.807) is 6.92 Å². The third-order valence-electron chi connectivity index (χ3n) is 1.16. The Kier molecular flexibility index (Phi) is 5.00. The number of hydrogen-bond donors (Lipinski definition) is 1. The standard InChI is InChI=1S/C9H15NO2/c1-7(2)9(11)12-6-5-10-8(3)4/h1,5-6H2,2-4H3/p+1. The van der Waals surface area contributed by atoms with Crippen molar-refractivity contribution in [1.29, 1.82) is 0 Å². The van der Waals surface area contributed by atoms with Gasteiger partial charge in [-0.3, -0.25) is 0 Å². The summed E-state index contributed by atoms with van der Waals surface area (Å²) in [5.41, 5.74) is 1.55. The number of esters is 1. The molecule has 0 fully saturated rings. The largest absolute Gasteiger partial charge is 0.456 e. The summed E-state index contributed by atoms with van der Waals surface area (Å²) in [4.78, 5) is 13.9. The molecule has 3 heteroatoms. The highest BCUT2D eigenvalue weighted by Crippen LogP contribution is 1.89. The van der Waals surface area contributed by atoms with Crippen LogP contribution in [0, 0.1) is 0 Å². The maximum Gasteiger partial charge on any atom is 0.333 e. The summed E-state index contributed by atoms with van der Waals surface area (Å²) in [5, 5.41) is 0. The fourth-order valence-corrected chi connectivity index (χ4v) is 0.568. The summed E-state index contributed by atoms with van der Waals surface area (Å²) in [5.74, 6) is -0.328. The molecule has 0 aromatic carbocycles. The second kappa shape index (κ2) is 5.52. The number of carbonyl (C=O) groups excluding carboxylic acids is 1. The van der Waals surface area contributed by atoms with Crippen LogP contribution in [0.1, 0.15) is 20.8 Å². The minimum Gasteiger partial charge on any atom is -0.456 e. The van der Waals surface area contributed by atoms with Crippen LogP contribution >= 0.6 is 0 Å². The third kappa shape index (κ3) is 5.65. The van der Waals surface area contributed by atoms with E-state index >= 15 is 0 Å². The van der Waals surface area contributed by atoms with Crippen LogP contribution in [-0.4, -0.2) is 24.8 Å². The zero-order valence-corrected chi connectivity index (χ0v) is 7.94. The van der Waals surface area contributed by atoms with E-state index in [-0.39, 0.29) is 5.97 Å². The third-order valence-corrected chi connectivity index (χ3v) is 1.16. The average Bonchev–Trinajstić information content (AvgIpc) is 1.97. The Labute approximate surface area is 73.1 Å². The van der Waals surface area contributed by atoms with E-state index in [0.717, 1.165) is 5.71 Å². The van der Waals surface area contributed by atoms with Gasteiger partial charge in [0.1, 0.15) is 12.3 Å². The molecule has 1 N–H and O–H groups in total. The van der Waals surface area contributed by atoms with E-state index in [1.165, 1.54) is 0 Å². The molecule has 0 aliphatic rings. The van der Waals surface area contributed by atoms with Crippen LogP contribution in [0.5, 0.6) is 0 Å². The van der Waals surface area contributed by atoms with E-state index in [9.17, 15) is 4.79 Å². The average molecular weight is 170 g/mol. The van der Waals surface area contributed by atoms with Gasteiger partial charge in [-0.15, -0.1) is 0 Å². The predicted octanol–water partition coefficient (Wildman–Crippen LogP) is -0.333. The molecule has 68 valence electrons. The molecule has 0 saturated heterocycles. The van der Waals surface area contributed by atoms with Crippen molar-refractivity contribution in [3.8, 4) is 0 Å². The molecular weight excluding hydrogens is 154 g/mol. The van der Waals surface area contributed by atoms with Crippen molar-refractivity contribution in [3.63, 3.8) is 0 Å². The molecule has 0 bridgehead atoms. The van der Waals surface area contributed by atoms with E-state index in [4.69, 9.17) is 4.74 Å². The molecule has 12 heavy (non-hydrogen) atoms. The molecule has 3 nitrogen and oxygen atoms in total. The van der Waals surface area contributed by atoms with Gasteiger partial charge in [0.05, 0.1) is 0 Å². The Hall–Kier alpha value is -1.12. The van der Waals surface area contributed by atoms with Crippen molar-refractivity contribution >= 4 is 11.7 Å². The quantitative estimate of drug-likeness (QED) is 0.271. The fourth-order valence-electron chi connectivity index (χ4n) is 0.568. The second-order valence-electron chi connectivity index (χ2n) is 2.84. The molecule has 0 heterocycles. The lowest BCUT2D eigenvalue weighted by Gasteiger charge is -1.98. The van der Waals surface area contributed by atoms with Gasteiger partial charge in [-0.25, -0.2) is 9.79 Å². The van der Waals surface area contributed by atoms with Crippen LogP contribution in [0.15, 0.2) is 12.2 Å². The van der Waals surface area contributed by atoms with Crippen molar-refractivity contribution in [2.75, 3.05) is 13.2 Å². The zero-order valence-electron chi connectivity index (χ0n) is 7.94. The minimum atomic E-state index is -0.328. The van der Waals surface area contributed by atoms with Crippen molar-refractivity contribution in [1.82, 2.24) is 0 Å². The molecule has 0 spiro atoms. The molecule has 0 aromatic rings. The topological polar surface area (TPSA) is 40.3 Å². The smallest absolute Gasteiger partial charge is 0.333 e. The Bertz CT molecular complexity index is 203. The molecule has 0 aliphatic heterocycles. The molecule has 0 amide bonds. The van der Waals surface area contributed by atoms with Crippen molar-refractivity contribution in [2.45, 2.75) is 20.8 Å². The first kappa shape index (κ1) is 10.9. The second-order valence-corrected chi connectivity index (χ2v) is 2.84. The number of rotatable bonds is 4. The van der Waals surface area contributed by atoms with Crippen molar-refractivity contribution in [2.24, 2.45) is 0 Å². The van der Waals surface area contributed by atoms with E-state index in [2.05, 4.69) is 11.6 Å². The van der Waals surface area contributed by atoms with Crippen LogP contribution in [0.4, 0.5) is 0 Å². The first-order valence-corrected chi connectivity index (χ1v) is 3.90. The molecule has 0 rings (SSSR count). The van der Waals surface area contributed by atoms with Crippen LogP contribution in [-0.2, 0) is 9.53 Å². The molecule has 0 saturated carbocycles. The van der Waals surface area contributed by atoms with E-state index < -0.39 is 0 Å². The van der Waals surface area contributed by atoms with Gasteiger partial charge in [-0.05, 0) is 6.92 Å². The summed E-state index contributed by atoms with van der Waals surface area (Å²) in [6.45, 7) is 10.1. The van der Waals surface area contributed by atoms with Crippen LogP contribution in [0.25, 0.3) is 0 Å². The summed E-state index contributed by atoms with van der Waals surface area (Å²) >= 11 is 0. The van der Waals surface area contributed by atoms with Crippen LogP contribution < -0.4 is 4.99 Å². The highest BCUT2D eigenvalue weighted by molar-refractivity contribution is 5.86. The van der Waals surface area contributed by atoms with Crippen molar-refractivity contribution in [3.05, 3.63) is 12.2 Å². The van der Waals surface area contributed by atoms with Gasteiger partial charge in [-0.1, -0.05) is 6.58 Å². The maximum absolute atomic E-state index is 10.8. The lowest BCUT2D eigenvalue weighted by atomic mass is 10.4. The highest BCUT2D eigenvalue weighted by atomic mass is 16.5. The van der Waals surface area contributed by atoms with Gasteiger partial charge in [0, 0.05) is 19.4 Å². The number of hydrogen-bond acceptors (Lipinski definition) is 2. The zero-order chi connectivity index (χ0) is 9.56. The number of ether oxygens (including phenoxy) is 1. The normalized spacial score (nSPS) is 8.92. The van der Waals surface area contributed by atoms with Crippen LogP contribution in [0.2, 0.25) is 0 Å². The lowest BCUT2D eigenvalue weighted by Crippen LogP contribution is -2.73. The molecule has 0 aromatic heterocycles. The molecule has 0 radical (unpaired) electrons. The fraction of sp³-hybridized carbons (Fsp3) is 0.556. The summed E-state index contributed by atoms with van der Waals surface area (Å²) < 4.78 is 4.84. The monoisotopic (exact) mass is 170 g/mol. The minimum absolute atomic E-state index is 0.328. The SMILES string of the molecule is C=C(C)C(=O)OCC[NH+]=C(C)C. The first-order chi connectivity index (χ1) is 5.54. The van der Waals surface area contributed by atoms with Crippen LogP contribution in [0.3, 0.4) is 0 Å². The summed E-state index contributed by atoms with van der Waals surface area (Å²) in [6, 6.07) is 0. The predicted molar refractivity (Wildman–Crippen MR) is 48.0 cm³/mol. The molecular formula is C9H16NO2+. The number of carbonyl (C=O) groups is 1. The van der Waals surface area contributed by atoms with Gasteiger partial charge in [-0.2, -0.15) is 0 Å². The van der Waals surface area contributed by atoms with Gasteiger partial charge in [0.25, 0.3) is 0 Å². The van der Waals surface area contributed by atoms with E-state index in [0.29, 0.717) is 18.7 Å². The Balaban J connectivity index is 3.51. The lowest BCUT2D eigenvalue weighted by molar-refractivity contribution is -0.461. The number of nitrogens with one attached hydrogen (secondary N) is 1. The molecule has 0 unspecified atom stereocenters. The molecule has 0 aliphatic carbocycles. The van der Waals surface area contributed by atoms with Gasteiger partial charge in [0.15, 0.2) is 6.54 Å². The van der Waals surface area contributed by atoms with E-state index in [1.807, 2.05) is 13.8 Å². The summed E-state index contributed by atoms with van der Waals surface area (Å²) in [7, 11) is 0. The highest BCUT2D eigenvalue weighted by Gasteiger charge is 2.02.